The third-order valence-electron chi connectivity index (χ3n) is 4.13. The number of carbonyl (C=O) groups is 1. The van der Waals surface area contributed by atoms with Gasteiger partial charge in [-0.1, -0.05) is 28.9 Å². The molecular formula is C19H17ClN4O4. The van der Waals surface area contributed by atoms with Gasteiger partial charge in [-0.15, -0.1) is 0 Å². The summed E-state index contributed by atoms with van der Waals surface area (Å²) < 4.78 is 5.26. The molecule has 0 radical (unpaired) electrons. The summed E-state index contributed by atoms with van der Waals surface area (Å²) in [4.78, 5) is 28.7. The largest absolute Gasteiger partial charge is 0.337 e. The van der Waals surface area contributed by atoms with Crippen LogP contribution >= 0.6 is 11.6 Å². The van der Waals surface area contributed by atoms with Crippen LogP contribution in [-0.2, 0) is 17.8 Å². The molecule has 2 aromatic carbocycles. The highest BCUT2D eigenvalue weighted by Crippen LogP contribution is 2.19. The van der Waals surface area contributed by atoms with Gasteiger partial charge in [0.2, 0.25) is 17.6 Å². The number of rotatable bonds is 7. The van der Waals surface area contributed by atoms with Crippen molar-refractivity contribution in [3.05, 3.63) is 75.1 Å². The number of hydrogen-bond donors (Lipinski definition) is 0. The van der Waals surface area contributed by atoms with Gasteiger partial charge in [-0.2, -0.15) is 4.98 Å². The molecule has 0 aliphatic heterocycles. The highest BCUT2D eigenvalue weighted by atomic mass is 35.5. The number of aromatic nitrogens is 2. The minimum absolute atomic E-state index is 0.0101. The van der Waals surface area contributed by atoms with Gasteiger partial charge in [-0.25, -0.2) is 0 Å². The minimum Gasteiger partial charge on any atom is -0.337 e. The molecule has 0 aliphatic rings. The summed E-state index contributed by atoms with van der Waals surface area (Å²) in [5, 5.41) is 15.3. The molecule has 8 nitrogen and oxygen atoms in total. The van der Waals surface area contributed by atoms with Crippen LogP contribution < -0.4 is 0 Å². The van der Waals surface area contributed by atoms with Crippen LogP contribution in [0.25, 0.3) is 11.4 Å². The smallest absolute Gasteiger partial charge is 0.269 e. The first-order valence-corrected chi connectivity index (χ1v) is 8.93. The Morgan fingerprint density at radius 3 is 2.46 bits per heavy atom. The number of nitro benzene ring substituents is 1. The van der Waals surface area contributed by atoms with E-state index in [1.54, 1.807) is 41.3 Å². The van der Waals surface area contributed by atoms with Crippen LogP contribution in [0.4, 0.5) is 5.69 Å². The number of benzene rings is 2. The van der Waals surface area contributed by atoms with Crippen LogP contribution in [0.2, 0.25) is 5.02 Å². The number of nitro groups is 1. The van der Waals surface area contributed by atoms with Crippen molar-refractivity contribution in [3.63, 3.8) is 0 Å². The summed E-state index contributed by atoms with van der Waals surface area (Å²) in [6.07, 6.45) is 0.129. The maximum Gasteiger partial charge on any atom is 0.269 e. The molecule has 144 valence electrons. The quantitative estimate of drug-likeness (QED) is 0.440. The predicted octanol–water partition coefficient (Wildman–Crippen LogP) is 3.89. The molecule has 0 bridgehead atoms. The van der Waals surface area contributed by atoms with Crippen molar-refractivity contribution < 1.29 is 14.2 Å². The number of amides is 1. The van der Waals surface area contributed by atoms with Gasteiger partial charge >= 0.3 is 0 Å². The lowest BCUT2D eigenvalue weighted by Gasteiger charge is -2.18. The van der Waals surface area contributed by atoms with Gasteiger partial charge in [0.25, 0.3) is 5.69 Å². The molecule has 0 fully saturated rings. The Morgan fingerprint density at radius 1 is 1.18 bits per heavy atom. The van der Waals surface area contributed by atoms with Gasteiger partial charge in [0.15, 0.2) is 0 Å². The van der Waals surface area contributed by atoms with Gasteiger partial charge in [-0.3, -0.25) is 14.9 Å². The zero-order chi connectivity index (χ0) is 20.1. The number of nitrogens with zero attached hydrogens (tertiary/aromatic N) is 4. The molecule has 1 aromatic heterocycles. The molecule has 0 saturated carbocycles. The van der Waals surface area contributed by atoms with Gasteiger partial charge in [-0.05, 0) is 36.8 Å². The molecule has 3 rings (SSSR count). The lowest BCUT2D eigenvalue weighted by molar-refractivity contribution is -0.384. The fraction of sp³-hybridized carbons (Fsp3) is 0.211. The molecule has 0 saturated heterocycles. The fourth-order valence-electron chi connectivity index (χ4n) is 2.60. The summed E-state index contributed by atoms with van der Waals surface area (Å²) in [6.45, 7) is 2.50. The summed E-state index contributed by atoms with van der Waals surface area (Å²) >= 11 is 5.88. The first-order chi connectivity index (χ1) is 13.5. The zero-order valence-electron chi connectivity index (χ0n) is 15.0. The Labute approximate surface area is 165 Å². The van der Waals surface area contributed by atoms with E-state index in [2.05, 4.69) is 10.1 Å². The van der Waals surface area contributed by atoms with E-state index >= 15 is 0 Å². The Morgan fingerprint density at radius 2 is 1.86 bits per heavy atom. The molecule has 0 N–H and O–H groups in total. The molecule has 0 aliphatic carbocycles. The van der Waals surface area contributed by atoms with Gasteiger partial charge in [0, 0.05) is 29.3 Å². The Kier molecular flexibility index (Phi) is 6.00. The van der Waals surface area contributed by atoms with E-state index in [0.717, 1.165) is 5.56 Å². The zero-order valence-corrected chi connectivity index (χ0v) is 15.8. The van der Waals surface area contributed by atoms with Crippen LogP contribution in [0.15, 0.2) is 53.1 Å². The molecule has 0 spiro atoms. The fourth-order valence-corrected chi connectivity index (χ4v) is 2.72. The van der Waals surface area contributed by atoms with Crippen molar-refractivity contribution in [2.75, 3.05) is 6.54 Å². The minimum atomic E-state index is -0.474. The SMILES string of the molecule is CCN(Cc1nc(-c2ccc(Cl)cc2)no1)C(=O)Cc1ccc([N+](=O)[O-])cc1. The summed E-state index contributed by atoms with van der Waals surface area (Å²) in [5.74, 6) is 0.608. The van der Waals surface area contributed by atoms with Crippen molar-refractivity contribution in [2.24, 2.45) is 0 Å². The molecule has 28 heavy (non-hydrogen) atoms. The predicted molar refractivity (Wildman–Crippen MR) is 103 cm³/mol. The molecule has 0 unspecified atom stereocenters. The molecule has 0 atom stereocenters. The van der Waals surface area contributed by atoms with Crippen molar-refractivity contribution >= 4 is 23.2 Å². The molecule has 3 aromatic rings. The lowest BCUT2D eigenvalue weighted by Crippen LogP contribution is -2.31. The Balaban J connectivity index is 1.65. The van der Waals surface area contributed by atoms with Crippen molar-refractivity contribution in [1.82, 2.24) is 15.0 Å². The maximum atomic E-state index is 12.6. The van der Waals surface area contributed by atoms with E-state index in [1.807, 2.05) is 6.92 Å². The van der Waals surface area contributed by atoms with Crippen molar-refractivity contribution in [1.29, 1.82) is 0 Å². The standard InChI is InChI=1S/C19H17ClN4O4/c1-2-23(18(25)11-13-3-9-16(10-4-13)24(26)27)12-17-21-19(22-28-17)14-5-7-15(20)8-6-14/h3-10H,2,11-12H2,1H3. The highest BCUT2D eigenvalue weighted by molar-refractivity contribution is 6.30. The number of carbonyl (C=O) groups excluding carboxylic acids is 1. The number of non-ortho nitro benzene ring substituents is 1. The molecule has 9 heteroatoms. The highest BCUT2D eigenvalue weighted by Gasteiger charge is 2.17. The first kappa shape index (κ1) is 19.5. The number of hydrogen-bond acceptors (Lipinski definition) is 6. The number of halogens is 1. The average Bonchev–Trinajstić information content (AvgIpc) is 3.15. The van der Waals surface area contributed by atoms with E-state index in [9.17, 15) is 14.9 Å². The second-order valence-corrected chi connectivity index (χ2v) is 6.46. The van der Waals surface area contributed by atoms with Gasteiger partial charge in [0.05, 0.1) is 17.9 Å². The van der Waals surface area contributed by atoms with E-state index in [0.29, 0.717) is 28.8 Å². The van der Waals surface area contributed by atoms with Gasteiger partial charge in [0.1, 0.15) is 0 Å². The van der Waals surface area contributed by atoms with E-state index in [1.165, 1.54) is 12.1 Å². The van der Waals surface area contributed by atoms with Crippen LogP contribution in [-0.4, -0.2) is 32.4 Å². The second-order valence-electron chi connectivity index (χ2n) is 6.03. The molecule has 1 amide bonds. The van der Waals surface area contributed by atoms with Crippen LogP contribution in [0.5, 0.6) is 0 Å². The molecular weight excluding hydrogens is 384 g/mol. The van der Waals surface area contributed by atoms with Crippen LogP contribution in [0.1, 0.15) is 18.4 Å². The third-order valence-corrected chi connectivity index (χ3v) is 4.39. The lowest BCUT2D eigenvalue weighted by atomic mass is 10.1. The van der Waals surface area contributed by atoms with Crippen LogP contribution in [0, 0.1) is 10.1 Å². The van der Waals surface area contributed by atoms with E-state index < -0.39 is 4.92 Å². The van der Waals surface area contributed by atoms with E-state index in [4.69, 9.17) is 16.1 Å². The normalized spacial score (nSPS) is 10.6. The molecule has 1 heterocycles. The Hall–Kier alpha value is -3.26. The average molecular weight is 401 g/mol. The topological polar surface area (TPSA) is 102 Å². The summed E-state index contributed by atoms with van der Waals surface area (Å²) in [6, 6.07) is 13.0. The van der Waals surface area contributed by atoms with Gasteiger partial charge < -0.3 is 9.42 Å². The Bertz CT molecular complexity index is 970. The monoisotopic (exact) mass is 400 g/mol. The van der Waals surface area contributed by atoms with Crippen molar-refractivity contribution in [3.8, 4) is 11.4 Å². The summed E-state index contributed by atoms with van der Waals surface area (Å²) in [5.41, 5.74) is 1.45. The second kappa shape index (κ2) is 8.62. The number of likely N-dealkylation sites (N-methyl/N-ethyl adjacent to an activating group) is 1. The van der Waals surface area contributed by atoms with E-state index in [-0.39, 0.29) is 24.6 Å². The van der Waals surface area contributed by atoms with Crippen molar-refractivity contribution in [2.45, 2.75) is 19.9 Å². The summed E-state index contributed by atoms with van der Waals surface area (Å²) in [7, 11) is 0. The van der Waals surface area contributed by atoms with Crippen LogP contribution in [0.3, 0.4) is 0 Å². The third kappa shape index (κ3) is 4.72. The first-order valence-electron chi connectivity index (χ1n) is 8.56. The maximum absolute atomic E-state index is 12.6.